The van der Waals surface area contributed by atoms with E-state index in [1.54, 1.807) is 0 Å². The molecule has 0 aromatic heterocycles. The van der Waals surface area contributed by atoms with Gasteiger partial charge in [0.05, 0.1) is 0 Å². The largest absolute Gasteiger partial charge is 0.326 e. The molecule has 110 valence electrons. The number of rotatable bonds is 4. The molecule has 0 aliphatic rings. The molecule has 0 heterocycles. The Bertz CT molecular complexity index is 608. The minimum Gasteiger partial charge on any atom is -0.326 e. The topological polar surface area (TPSA) is 29.1 Å². The summed E-state index contributed by atoms with van der Waals surface area (Å²) in [5, 5.41) is 3.07. The molecule has 0 aliphatic carbocycles. The lowest BCUT2D eigenvalue weighted by atomic mass is 9.97. The third-order valence-electron chi connectivity index (χ3n) is 3.80. The predicted molar refractivity (Wildman–Crippen MR) is 88.8 cm³/mol. The van der Waals surface area contributed by atoms with Crippen LogP contribution >= 0.6 is 0 Å². The van der Waals surface area contributed by atoms with Crippen molar-refractivity contribution in [3.63, 3.8) is 0 Å². The second-order valence-electron chi connectivity index (χ2n) is 5.84. The molecule has 0 aliphatic heterocycles. The van der Waals surface area contributed by atoms with Gasteiger partial charge in [0.25, 0.3) is 0 Å². The van der Waals surface area contributed by atoms with Crippen LogP contribution in [0.25, 0.3) is 0 Å². The van der Waals surface area contributed by atoms with Crippen molar-refractivity contribution in [1.82, 2.24) is 0 Å². The summed E-state index contributed by atoms with van der Waals surface area (Å²) in [6.07, 6.45) is 0.497. The number of carbonyl (C=O) groups excluding carboxylic acids is 1. The van der Waals surface area contributed by atoms with Gasteiger partial charge in [-0.1, -0.05) is 55.0 Å². The molecule has 2 aromatic rings. The van der Waals surface area contributed by atoms with Crippen LogP contribution in [0.1, 0.15) is 41.5 Å². The Balaban J connectivity index is 2.06. The summed E-state index contributed by atoms with van der Waals surface area (Å²) >= 11 is 0. The summed E-state index contributed by atoms with van der Waals surface area (Å²) in [7, 11) is 0. The lowest BCUT2D eigenvalue weighted by molar-refractivity contribution is -0.116. The molecular weight excluding hydrogens is 258 g/mol. The first kappa shape index (κ1) is 15.3. The highest BCUT2D eigenvalue weighted by atomic mass is 16.1. The summed E-state index contributed by atoms with van der Waals surface area (Å²) in [6.45, 7) is 8.24. The van der Waals surface area contributed by atoms with Crippen molar-refractivity contribution >= 4 is 11.6 Å². The molecule has 1 N–H and O–H groups in total. The molecule has 2 nitrogen and oxygen atoms in total. The van der Waals surface area contributed by atoms with E-state index in [0.717, 1.165) is 16.8 Å². The van der Waals surface area contributed by atoms with Crippen LogP contribution in [0.15, 0.2) is 42.5 Å². The van der Waals surface area contributed by atoms with Gasteiger partial charge in [-0.25, -0.2) is 0 Å². The smallest absolute Gasteiger partial charge is 0.224 e. The Morgan fingerprint density at radius 3 is 2.19 bits per heavy atom. The van der Waals surface area contributed by atoms with Crippen LogP contribution in [0.2, 0.25) is 0 Å². The van der Waals surface area contributed by atoms with Crippen LogP contribution in [0, 0.1) is 20.8 Å². The minimum atomic E-state index is 0.0707. The molecule has 0 saturated heterocycles. The van der Waals surface area contributed by atoms with Crippen LogP contribution in [-0.2, 0) is 4.79 Å². The zero-order valence-corrected chi connectivity index (χ0v) is 13.2. The first-order valence-electron chi connectivity index (χ1n) is 7.40. The van der Waals surface area contributed by atoms with E-state index >= 15 is 0 Å². The van der Waals surface area contributed by atoms with E-state index in [1.807, 2.05) is 32.0 Å². The monoisotopic (exact) mass is 281 g/mol. The fourth-order valence-electron chi connectivity index (χ4n) is 2.75. The quantitative estimate of drug-likeness (QED) is 0.861. The van der Waals surface area contributed by atoms with Gasteiger partial charge < -0.3 is 5.32 Å². The number of benzene rings is 2. The van der Waals surface area contributed by atoms with Gasteiger partial charge in [0.1, 0.15) is 0 Å². The molecule has 0 spiro atoms. The van der Waals surface area contributed by atoms with Gasteiger partial charge in [-0.15, -0.1) is 0 Å². The molecule has 0 fully saturated rings. The minimum absolute atomic E-state index is 0.0707. The number of carbonyl (C=O) groups is 1. The molecule has 21 heavy (non-hydrogen) atoms. The van der Waals surface area contributed by atoms with Gasteiger partial charge in [-0.2, -0.15) is 0 Å². The van der Waals surface area contributed by atoms with E-state index in [-0.39, 0.29) is 11.8 Å². The predicted octanol–water partition coefficient (Wildman–Crippen LogP) is 4.74. The molecule has 0 radical (unpaired) electrons. The molecule has 2 rings (SSSR count). The van der Waals surface area contributed by atoms with Crippen molar-refractivity contribution in [3.8, 4) is 0 Å². The maximum Gasteiger partial charge on any atom is 0.224 e. The van der Waals surface area contributed by atoms with Crippen molar-refractivity contribution in [2.75, 3.05) is 5.32 Å². The van der Waals surface area contributed by atoms with E-state index in [1.165, 1.54) is 11.1 Å². The summed E-state index contributed by atoms with van der Waals surface area (Å²) in [4.78, 5) is 12.3. The standard InChI is InChI=1S/C19H23NO/c1-13-10-15(3)19(16(4)11-13)20-18(21)12-14(2)17-8-6-5-7-9-17/h5-11,14H,12H2,1-4H3,(H,20,21). The van der Waals surface area contributed by atoms with Crippen LogP contribution in [-0.4, -0.2) is 5.91 Å². The van der Waals surface area contributed by atoms with Gasteiger partial charge in [-0.05, 0) is 43.4 Å². The second-order valence-corrected chi connectivity index (χ2v) is 5.84. The number of hydrogen-bond acceptors (Lipinski definition) is 1. The average Bonchev–Trinajstić information content (AvgIpc) is 2.43. The maximum atomic E-state index is 12.3. The molecule has 1 amide bonds. The van der Waals surface area contributed by atoms with E-state index in [4.69, 9.17) is 0 Å². The lowest BCUT2D eigenvalue weighted by Crippen LogP contribution is -2.16. The number of aryl methyl sites for hydroxylation is 3. The Hall–Kier alpha value is -2.09. The van der Waals surface area contributed by atoms with Crippen LogP contribution < -0.4 is 5.32 Å². The Morgan fingerprint density at radius 1 is 1.05 bits per heavy atom. The lowest BCUT2D eigenvalue weighted by Gasteiger charge is -2.15. The van der Waals surface area contributed by atoms with Crippen molar-refractivity contribution < 1.29 is 4.79 Å². The molecule has 0 saturated carbocycles. The highest BCUT2D eigenvalue weighted by molar-refractivity contribution is 5.92. The van der Waals surface area contributed by atoms with E-state index in [0.29, 0.717) is 6.42 Å². The zero-order chi connectivity index (χ0) is 15.4. The Morgan fingerprint density at radius 2 is 1.62 bits per heavy atom. The first-order chi connectivity index (χ1) is 9.97. The van der Waals surface area contributed by atoms with E-state index in [9.17, 15) is 4.79 Å². The Labute approximate surface area is 127 Å². The average molecular weight is 281 g/mol. The summed E-state index contributed by atoms with van der Waals surface area (Å²) in [5.74, 6) is 0.290. The summed E-state index contributed by atoms with van der Waals surface area (Å²) < 4.78 is 0. The van der Waals surface area contributed by atoms with Gasteiger partial charge in [0, 0.05) is 12.1 Å². The highest BCUT2D eigenvalue weighted by Crippen LogP contribution is 2.24. The van der Waals surface area contributed by atoms with E-state index < -0.39 is 0 Å². The summed E-state index contributed by atoms with van der Waals surface area (Å²) in [5.41, 5.74) is 5.61. The van der Waals surface area contributed by atoms with Crippen molar-refractivity contribution in [3.05, 3.63) is 64.7 Å². The van der Waals surface area contributed by atoms with Gasteiger partial charge in [-0.3, -0.25) is 4.79 Å². The molecule has 2 aromatic carbocycles. The SMILES string of the molecule is Cc1cc(C)c(NC(=O)CC(C)c2ccccc2)c(C)c1. The van der Waals surface area contributed by atoms with Gasteiger partial charge in [0.2, 0.25) is 5.91 Å². The Kier molecular flexibility index (Phi) is 4.79. The molecular formula is C19H23NO. The maximum absolute atomic E-state index is 12.3. The van der Waals surface area contributed by atoms with Crippen molar-refractivity contribution in [2.24, 2.45) is 0 Å². The van der Waals surface area contributed by atoms with Crippen molar-refractivity contribution in [2.45, 2.75) is 40.0 Å². The third kappa shape index (κ3) is 3.94. The summed E-state index contributed by atoms with van der Waals surface area (Å²) in [6, 6.07) is 14.4. The van der Waals surface area contributed by atoms with Gasteiger partial charge >= 0.3 is 0 Å². The van der Waals surface area contributed by atoms with Gasteiger partial charge in [0.15, 0.2) is 0 Å². The highest BCUT2D eigenvalue weighted by Gasteiger charge is 2.13. The fraction of sp³-hybridized carbons (Fsp3) is 0.316. The van der Waals surface area contributed by atoms with E-state index in [2.05, 4.69) is 43.4 Å². The van der Waals surface area contributed by atoms with Crippen LogP contribution in [0.3, 0.4) is 0 Å². The number of anilines is 1. The third-order valence-corrected chi connectivity index (χ3v) is 3.80. The molecule has 1 unspecified atom stereocenters. The first-order valence-corrected chi connectivity index (χ1v) is 7.40. The van der Waals surface area contributed by atoms with Crippen molar-refractivity contribution in [1.29, 1.82) is 0 Å². The molecule has 2 heteroatoms. The molecule has 1 atom stereocenters. The number of amides is 1. The van der Waals surface area contributed by atoms with Crippen LogP contribution in [0.4, 0.5) is 5.69 Å². The zero-order valence-electron chi connectivity index (χ0n) is 13.2. The van der Waals surface area contributed by atoms with Crippen LogP contribution in [0.5, 0.6) is 0 Å². The second kappa shape index (κ2) is 6.57. The normalized spacial score (nSPS) is 12.0. The number of nitrogens with one attached hydrogen (secondary N) is 1. The molecule has 0 bridgehead atoms. The number of hydrogen-bond donors (Lipinski definition) is 1. The fourth-order valence-corrected chi connectivity index (χ4v) is 2.75.